The Labute approximate surface area is 157 Å². The summed E-state index contributed by atoms with van der Waals surface area (Å²) in [6, 6.07) is 12.7. The first-order valence-electron chi connectivity index (χ1n) is 8.42. The number of hydrogen-bond acceptors (Lipinski definition) is 6. The summed E-state index contributed by atoms with van der Waals surface area (Å²) in [6.07, 6.45) is 1.90. The van der Waals surface area contributed by atoms with Gasteiger partial charge in [0.25, 0.3) is 0 Å². The number of anilines is 1. The highest BCUT2D eigenvalue weighted by molar-refractivity contribution is 5.95. The number of methoxy groups -OCH3 is 2. The van der Waals surface area contributed by atoms with Crippen molar-refractivity contribution in [1.29, 1.82) is 0 Å². The molecule has 1 heterocycles. The lowest BCUT2D eigenvalue weighted by atomic mass is 10.0. The van der Waals surface area contributed by atoms with Crippen molar-refractivity contribution >= 4 is 11.6 Å². The Morgan fingerprint density at radius 1 is 1.15 bits per heavy atom. The molecule has 8 heteroatoms. The molecule has 3 rings (SSSR count). The van der Waals surface area contributed by atoms with Crippen LogP contribution >= 0.6 is 0 Å². The molecule has 0 radical (unpaired) electrons. The third-order valence-electron chi connectivity index (χ3n) is 4.25. The molecule has 2 aromatic carbocycles. The van der Waals surface area contributed by atoms with E-state index in [9.17, 15) is 4.79 Å². The Morgan fingerprint density at radius 2 is 1.85 bits per heavy atom. The fraction of sp³-hybridized carbons (Fsp3) is 0.263. The number of carbonyl (C=O) groups excluding carboxylic acids is 1. The van der Waals surface area contributed by atoms with E-state index in [2.05, 4.69) is 20.8 Å². The number of aromatic nitrogens is 4. The molecule has 3 aromatic rings. The molecule has 1 aromatic heterocycles. The van der Waals surface area contributed by atoms with Crippen molar-refractivity contribution in [1.82, 2.24) is 20.2 Å². The second-order valence-corrected chi connectivity index (χ2v) is 6.01. The monoisotopic (exact) mass is 367 g/mol. The molecule has 0 saturated carbocycles. The Kier molecular flexibility index (Phi) is 5.65. The number of amides is 1. The number of nitrogens with zero attached hydrogens (tertiary/aromatic N) is 4. The zero-order chi connectivity index (χ0) is 19.2. The maximum atomic E-state index is 13.0. The van der Waals surface area contributed by atoms with Crippen molar-refractivity contribution in [3.8, 4) is 11.5 Å². The van der Waals surface area contributed by atoms with Gasteiger partial charge in [-0.15, -0.1) is 5.10 Å². The van der Waals surface area contributed by atoms with E-state index in [-0.39, 0.29) is 5.91 Å². The third kappa shape index (κ3) is 4.22. The Morgan fingerprint density at radius 3 is 2.48 bits per heavy atom. The lowest BCUT2D eigenvalue weighted by Crippen LogP contribution is -2.28. The van der Waals surface area contributed by atoms with Crippen LogP contribution in [0, 0.1) is 6.92 Å². The van der Waals surface area contributed by atoms with Crippen LogP contribution in [0.3, 0.4) is 0 Å². The predicted molar refractivity (Wildman–Crippen MR) is 99.9 cm³/mol. The molecule has 0 bridgehead atoms. The Hall–Kier alpha value is -3.42. The minimum Gasteiger partial charge on any atom is -0.493 e. The molecule has 0 saturated heterocycles. The SMILES string of the molecule is COc1cc(C)c(NC(=O)C(Cc2ccccc2)n2cnnn2)cc1OC. The van der Waals surface area contributed by atoms with Crippen LogP contribution in [0.25, 0.3) is 0 Å². The van der Waals surface area contributed by atoms with E-state index in [1.54, 1.807) is 20.3 Å². The zero-order valence-electron chi connectivity index (χ0n) is 15.4. The van der Waals surface area contributed by atoms with Crippen LogP contribution in [0.4, 0.5) is 5.69 Å². The topological polar surface area (TPSA) is 91.2 Å². The molecule has 27 heavy (non-hydrogen) atoms. The van der Waals surface area contributed by atoms with Crippen LogP contribution < -0.4 is 14.8 Å². The first-order chi connectivity index (χ1) is 13.1. The lowest BCUT2D eigenvalue weighted by Gasteiger charge is -2.18. The van der Waals surface area contributed by atoms with Gasteiger partial charge in [-0.05, 0) is 34.5 Å². The molecule has 8 nitrogen and oxygen atoms in total. The average molecular weight is 367 g/mol. The molecule has 0 aliphatic rings. The fourth-order valence-electron chi connectivity index (χ4n) is 2.79. The summed E-state index contributed by atoms with van der Waals surface area (Å²) >= 11 is 0. The van der Waals surface area contributed by atoms with Crippen molar-refractivity contribution in [3.63, 3.8) is 0 Å². The molecule has 1 unspecified atom stereocenters. The number of aryl methyl sites for hydroxylation is 1. The van der Waals surface area contributed by atoms with E-state index in [1.165, 1.54) is 11.0 Å². The number of rotatable bonds is 7. The number of ether oxygens (including phenoxy) is 2. The number of carbonyl (C=O) groups is 1. The zero-order valence-corrected chi connectivity index (χ0v) is 15.4. The standard InChI is InChI=1S/C19H21N5O3/c1-13-9-17(26-2)18(27-3)11-15(13)21-19(25)16(24-12-20-22-23-24)10-14-7-5-4-6-8-14/h4-9,11-12,16H,10H2,1-3H3,(H,21,25). The third-order valence-corrected chi connectivity index (χ3v) is 4.25. The van der Waals surface area contributed by atoms with Gasteiger partial charge in [-0.2, -0.15) is 0 Å². The molecular formula is C19H21N5O3. The molecule has 0 aliphatic carbocycles. The fourth-order valence-corrected chi connectivity index (χ4v) is 2.79. The van der Waals surface area contributed by atoms with Gasteiger partial charge in [0.1, 0.15) is 12.4 Å². The quantitative estimate of drug-likeness (QED) is 0.690. The summed E-state index contributed by atoms with van der Waals surface area (Å²) in [5, 5.41) is 14.2. The number of hydrogen-bond donors (Lipinski definition) is 1. The van der Waals surface area contributed by atoms with Gasteiger partial charge in [0.2, 0.25) is 5.91 Å². The molecule has 1 amide bonds. The molecule has 1 atom stereocenters. The summed E-state index contributed by atoms with van der Waals surface area (Å²) in [7, 11) is 3.13. The lowest BCUT2D eigenvalue weighted by molar-refractivity contribution is -0.119. The van der Waals surface area contributed by atoms with Gasteiger partial charge in [-0.25, -0.2) is 4.68 Å². The Balaban J connectivity index is 1.87. The van der Waals surface area contributed by atoms with E-state index in [1.807, 2.05) is 43.3 Å². The molecular weight excluding hydrogens is 346 g/mol. The van der Waals surface area contributed by atoms with Gasteiger partial charge in [0.05, 0.1) is 14.2 Å². The van der Waals surface area contributed by atoms with Gasteiger partial charge >= 0.3 is 0 Å². The minimum atomic E-state index is -0.588. The van der Waals surface area contributed by atoms with Gasteiger partial charge in [0, 0.05) is 18.2 Å². The van der Waals surface area contributed by atoms with Crippen molar-refractivity contribution in [3.05, 3.63) is 59.9 Å². The molecule has 0 fully saturated rings. The normalized spacial score (nSPS) is 11.7. The first kappa shape index (κ1) is 18.4. The molecule has 140 valence electrons. The first-order valence-corrected chi connectivity index (χ1v) is 8.42. The summed E-state index contributed by atoms with van der Waals surface area (Å²) in [5.41, 5.74) is 2.51. The van der Waals surface area contributed by atoms with Gasteiger partial charge < -0.3 is 14.8 Å². The summed E-state index contributed by atoms with van der Waals surface area (Å²) in [5.74, 6) is 0.927. The van der Waals surface area contributed by atoms with Crippen molar-refractivity contribution in [2.45, 2.75) is 19.4 Å². The maximum absolute atomic E-state index is 13.0. The number of benzene rings is 2. The smallest absolute Gasteiger partial charge is 0.249 e. The largest absolute Gasteiger partial charge is 0.493 e. The van der Waals surface area contributed by atoms with Crippen LogP contribution in [-0.2, 0) is 11.2 Å². The van der Waals surface area contributed by atoms with E-state index in [0.29, 0.717) is 23.6 Å². The van der Waals surface area contributed by atoms with Crippen LogP contribution in [0.1, 0.15) is 17.2 Å². The number of nitrogens with one attached hydrogen (secondary N) is 1. The summed E-state index contributed by atoms with van der Waals surface area (Å²) < 4.78 is 12.1. The van der Waals surface area contributed by atoms with Crippen molar-refractivity contribution in [2.75, 3.05) is 19.5 Å². The van der Waals surface area contributed by atoms with Crippen molar-refractivity contribution < 1.29 is 14.3 Å². The summed E-state index contributed by atoms with van der Waals surface area (Å²) in [6.45, 7) is 1.89. The van der Waals surface area contributed by atoms with Crippen molar-refractivity contribution in [2.24, 2.45) is 0 Å². The molecule has 1 N–H and O–H groups in total. The van der Waals surface area contributed by atoms with Crippen LogP contribution in [0.15, 0.2) is 48.8 Å². The Bertz CT molecular complexity index is 897. The van der Waals surface area contributed by atoms with E-state index in [4.69, 9.17) is 9.47 Å². The van der Waals surface area contributed by atoms with E-state index < -0.39 is 6.04 Å². The van der Waals surface area contributed by atoms with Gasteiger partial charge in [0.15, 0.2) is 11.5 Å². The van der Waals surface area contributed by atoms with Crippen LogP contribution in [0.5, 0.6) is 11.5 Å². The predicted octanol–water partition coefficient (Wildman–Crippen LogP) is 2.42. The second kappa shape index (κ2) is 8.31. The maximum Gasteiger partial charge on any atom is 0.249 e. The summed E-state index contributed by atoms with van der Waals surface area (Å²) in [4.78, 5) is 13.0. The van der Waals surface area contributed by atoms with Crippen LogP contribution in [-0.4, -0.2) is 40.3 Å². The van der Waals surface area contributed by atoms with E-state index in [0.717, 1.165) is 11.1 Å². The highest BCUT2D eigenvalue weighted by Gasteiger charge is 2.23. The van der Waals surface area contributed by atoms with Crippen LogP contribution in [0.2, 0.25) is 0 Å². The second-order valence-electron chi connectivity index (χ2n) is 6.01. The van der Waals surface area contributed by atoms with Gasteiger partial charge in [-0.3, -0.25) is 4.79 Å². The highest BCUT2D eigenvalue weighted by Crippen LogP contribution is 2.33. The van der Waals surface area contributed by atoms with Gasteiger partial charge in [-0.1, -0.05) is 30.3 Å². The highest BCUT2D eigenvalue weighted by atomic mass is 16.5. The minimum absolute atomic E-state index is 0.221. The average Bonchev–Trinajstić information content (AvgIpc) is 3.22. The molecule has 0 spiro atoms. The van der Waals surface area contributed by atoms with E-state index >= 15 is 0 Å². The number of tetrazole rings is 1. The molecule has 0 aliphatic heterocycles.